The summed E-state index contributed by atoms with van der Waals surface area (Å²) in [5.41, 5.74) is 0.547. The summed E-state index contributed by atoms with van der Waals surface area (Å²) in [6.07, 6.45) is 0. The molecule has 3 nitrogen and oxygen atoms in total. The number of carbonyl (C=O) groups excluding carboxylic acids is 1. The summed E-state index contributed by atoms with van der Waals surface area (Å²) >= 11 is 9.94. The van der Waals surface area contributed by atoms with E-state index >= 15 is 0 Å². The fourth-order valence-electron chi connectivity index (χ4n) is 1.33. The van der Waals surface area contributed by atoms with Crippen molar-refractivity contribution in [3.05, 3.63) is 55.5 Å². The summed E-state index contributed by atoms with van der Waals surface area (Å²) in [5.74, 6) is 0.287. The van der Waals surface area contributed by atoms with Crippen LogP contribution in [0.3, 0.4) is 0 Å². The fraction of sp³-hybridized carbons (Fsp3) is 0. The average molecular weight is 435 g/mol. The Labute approximate surface area is 129 Å². The topological polar surface area (TPSA) is 42.0 Å². The molecule has 0 spiro atoms. The van der Waals surface area contributed by atoms with E-state index in [2.05, 4.69) is 58.1 Å². The van der Waals surface area contributed by atoms with Gasteiger partial charge in [-0.2, -0.15) is 0 Å². The first-order chi connectivity index (χ1) is 8.56. The van der Waals surface area contributed by atoms with Crippen molar-refractivity contribution >= 4 is 59.5 Å². The molecule has 0 aliphatic rings. The second kappa shape index (κ2) is 5.95. The Bertz CT molecular complexity index is 602. The Morgan fingerprint density at radius 1 is 1.11 bits per heavy atom. The van der Waals surface area contributed by atoms with Gasteiger partial charge in [-0.1, -0.05) is 22.0 Å². The summed E-state index contributed by atoms with van der Waals surface area (Å²) in [6.45, 7) is 0. The van der Waals surface area contributed by atoms with E-state index in [4.69, 9.17) is 0 Å². The molecule has 92 valence electrons. The highest BCUT2D eigenvalue weighted by Crippen LogP contribution is 2.22. The predicted molar refractivity (Wildman–Crippen MR) is 81.7 cm³/mol. The van der Waals surface area contributed by atoms with E-state index in [1.165, 1.54) is 0 Å². The first kappa shape index (κ1) is 13.7. The maximum atomic E-state index is 12.1. The fourth-order valence-corrected chi connectivity index (χ4v) is 2.46. The third-order valence-electron chi connectivity index (χ3n) is 2.13. The number of amides is 1. The molecular formula is C12H7Br3N2O. The van der Waals surface area contributed by atoms with Gasteiger partial charge in [0, 0.05) is 8.95 Å². The third kappa shape index (κ3) is 3.40. The molecule has 0 saturated carbocycles. The van der Waals surface area contributed by atoms with Crippen molar-refractivity contribution in [1.29, 1.82) is 0 Å². The second-order valence-corrected chi connectivity index (χ2v) is 6.01. The number of benzene rings is 1. The lowest BCUT2D eigenvalue weighted by molar-refractivity contribution is 0.102. The van der Waals surface area contributed by atoms with Crippen molar-refractivity contribution < 1.29 is 4.79 Å². The molecule has 1 aromatic carbocycles. The van der Waals surface area contributed by atoms with Crippen molar-refractivity contribution in [3.8, 4) is 0 Å². The van der Waals surface area contributed by atoms with E-state index in [9.17, 15) is 4.79 Å². The number of nitrogens with zero attached hydrogens (tertiary/aromatic N) is 1. The van der Waals surface area contributed by atoms with Crippen LogP contribution in [0.1, 0.15) is 10.4 Å². The van der Waals surface area contributed by atoms with Crippen LogP contribution in [-0.4, -0.2) is 10.9 Å². The molecule has 0 unspecified atom stereocenters. The number of pyridine rings is 1. The predicted octanol–water partition coefficient (Wildman–Crippen LogP) is 4.62. The van der Waals surface area contributed by atoms with E-state index in [0.29, 0.717) is 16.0 Å². The van der Waals surface area contributed by atoms with Crippen LogP contribution in [0.2, 0.25) is 0 Å². The minimum Gasteiger partial charge on any atom is -0.306 e. The molecule has 0 aliphatic carbocycles. The molecule has 0 saturated heterocycles. The molecule has 1 amide bonds. The molecule has 0 atom stereocenters. The highest BCUT2D eigenvalue weighted by molar-refractivity contribution is 9.11. The average Bonchev–Trinajstić information content (AvgIpc) is 2.32. The maximum absolute atomic E-state index is 12.1. The van der Waals surface area contributed by atoms with Crippen LogP contribution < -0.4 is 5.32 Å². The van der Waals surface area contributed by atoms with Crippen LogP contribution in [-0.2, 0) is 0 Å². The lowest BCUT2D eigenvalue weighted by Crippen LogP contribution is -2.13. The van der Waals surface area contributed by atoms with Gasteiger partial charge in [-0.25, -0.2) is 4.98 Å². The Morgan fingerprint density at radius 3 is 2.61 bits per heavy atom. The van der Waals surface area contributed by atoms with Crippen molar-refractivity contribution in [1.82, 2.24) is 4.98 Å². The van der Waals surface area contributed by atoms with Crippen LogP contribution in [0, 0.1) is 0 Å². The van der Waals surface area contributed by atoms with Crippen LogP contribution in [0.15, 0.2) is 49.9 Å². The zero-order chi connectivity index (χ0) is 13.1. The van der Waals surface area contributed by atoms with E-state index in [-0.39, 0.29) is 5.91 Å². The monoisotopic (exact) mass is 432 g/mol. The summed E-state index contributed by atoms with van der Waals surface area (Å²) in [4.78, 5) is 16.2. The van der Waals surface area contributed by atoms with Gasteiger partial charge in [-0.3, -0.25) is 4.79 Å². The summed E-state index contributed by atoms with van der Waals surface area (Å²) in [7, 11) is 0. The summed E-state index contributed by atoms with van der Waals surface area (Å²) in [6, 6.07) is 10.8. The number of rotatable bonds is 2. The standard InChI is InChI=1S/C12H7Br3N2O/c13-7-4-5-9(14)8(6-7)12(18)17-11-3-1-2-10(15)16-11/h1-6H,(H,16,17,18). The number of halogens is 3. The van der Waals surface area contributed by atoms with Gasteiger partial charge in [-0.05, 0) is 62.2 Å². The Kier molecular flexibility index (Phi) is 4.53. The zero-order valence-corrected chi connectivity index (χ0v) is 13.7. The summed E-state index contributed by atoms with van der Waals surface area (Å²) < 4.78 is 2.25. The lowest BCUT2D eigenvalue weighted by Gasteiger charge is -2.07. The first-order valence-electron chi connectivity index (χ1n) is 4.95. The Hall–Kier alpha value is -0.720. The molecule has 1 N–H and O–H groups in total. The third-order valence-corrected chi connectivity index (χ3v) is 3.76. The van der Waals surface area contributed by atoms with Gasteiger partial charge in [0.2, 0.25) is 0 Å². The van der Waals surface area contributed by atoms with E-state index in [1.54, 1.807) is 18.2 Å². The highest BCUT2D eigenvalue weighted by Gasteiger charge is 2.11. The molecule has 1 aromatic heterocycles. The highest BCUT2D eigenvalue weighted by atomic mass is 79.9. The smallest absolute Gasteiger partial charge is 0.258 e. The van der Waals surface area contributed by atoms with Crippen molar-refractivity contribution in [2.75, 3.05) is 5.32 Å². The van der Waals surface area contributed by atoms with Gasteiger partial charge < -0.3 is 5.32 Å². The van der Waals surface area contributed by atoms with Crippen LogP contribution in [0.25, 0.3) is 0 Å². The molecule has 1 heterocycles. The number of nitrogens with one attached hydrogen (secondary N) is 1. The van der Waals surface area contributed by atoms with Gasteiger partial charge in [0.1, 0.15) is 10.4 Å². The van der Waals surface area contributed by atoms with Crippen molar-refractivity contribution in [2.24, 2.45) is 0 Å². The van der Waals surface area contributed by atoms with E-state index < -0.39 is 0 Å². The van der Waals surface area contributed by atoms with Crippen LogP contribution in [0.4, 0.5) is 5.82 Å². The number of hydrogen-bond acceptors (Lipinski definition) is 2. The van der Waals surface area contributed by atoms with Crippen molar-refractivity contribution in [2.45, 2.75) is 0 Å². The molecule has 18 heavy (non-hydrogen) atoms. The molecule has 2 rings (SSSR count). The molecule has 0 bridgehead atoms. The van der Waals surface area contributed by atoms with Gasteiger partial charge in [-0.15, -0.1) is 0 Å². The first-order valence-corrected chi connectivity index (χ1v) is 7.33. The van der Waals surface area contributed by atoms with Gasteiger partial charge in [0.05, 0.1) is 5.56 Å². The van der Waals surface area contributed by atoms with Gasteiger partial charge in [0.15, 0.2) is 0 Å². The second-order valence-electron chi connectivity index (χ2n) is 3.42. The van der Waals surface area contributed by atoms with Gasteiger partial charge >= 0.3 is 0 Å². The molecule has 6 heteroatoms. The lowest BCUT2D eigenvalue weighted by atomic mass is 10.2. The quantitative estimate of drug-likeness (QED) is 0.701. The minimum absolute atomic E-state index is 0.214. The largest absolute Gasteiger partial charge is 0.306 e. The number of aromatic nitrogens is 1. The molecule has 0 aliphatic heterocycles. The van der Waals surface area contributed by atoms with Gasteiger partial charge in [0.25, 0.3) is 5.91 Å². The van der Waals surface area contributed by atoms with Crippen LogP contribution >= 0.6 is 47.8 Å². The number of anilines is 1. The maximum Gasteiger partial charge on any atom is 0.258 e. The van der Waals surface area contributed by atoms with Crippen LogP contribution in [0.5, 0.6) is 0 Å². The zero-order valence-electron chi connectivity index (χ0n) is 8.95. The minimum atomic E-state index is -0.214. The normalized spacial score (nSPS) is 10.2. The van der Waals surface area contributed by atoms with E-state index in [1.807, 2.05) is 18.2 Å². The molecular weight excluding hydrogens is 428 g/mol. The molecule has 0 fully saturated rings. The Balaban J connectivity index is 2.24. The summed E-state index contributed by atoms with van der Waals surface area (Å²) in [5, 5.41) is 2.74. The van der Waals surface area contributed by atoms with E-state index in [0.717, 1.165) is 8.95 Å². The molecule has 0 radical (unpaired) electrons. The Morgan fingerprint density at radius 2 is 1.89 bits per heavy atom. The number of hydrogen-bond donors (Lipinski definition) is 1. The number of carbonyl (C=O) groups is 1. The SMILES string of the molecule is O=C(Nc1cccc(Br)n1)c1cc(Br)ccc1Br. The molecule has 2 aromatic rings. The van der Waals surface area contributed by atoms with Crippen molar-refractivity contribution in [3.63, 3.8) is 0 Å².